The zero-order valence-electron chi connectivity index (χ0n) is 19.5. The highest BCUT2D eigenvalue weighted by atomic mass is 79.9. The molecule has 1 aliphatic carbocycles. The highest BCUT2D eigenvalue weighted by molar-refractivity contribution is 9.09. The number of halogens is 1. The first-order valence-corrected chi connectivity index (χ1v) is 12.7. The number of methoxy groups -OCH3 is 1. The van der Waals surface area contributed by atoms with Gasteiger partial charge in [-0.3, -0.25) is 9.59 Å². The van der Waals surface area contributed by atoms with Crippen LogP contribution in [0.5, 0.6) is 23.0 Å². The number of pyridine rings is 1. The molecule has 6 rings (SSSR count). The van der Waals surface area contributed by atoms with Gasteiger partial charge < -0.3 is 23.5 Å². The van der Waals surface area contributed by atoms with Crippen LogP contribution in [-0.2, 0) is 13.2 Å². The van der Waals surface area contributed by atoms with Gasteiger partial charge in [0, 0.05) is 28.4 Å². The number of hydrogen-bond acceptors (Lipinski definition) is 6. The van der Waals surface area contributed by atoms with Gasteiger partial charge >= 0.3 is 0 Å². The predicted octanol–water partition coefficient (Wildman–Crippen LogP) is 5.31. The van der Waals surface area contributed by atoms with E-state index in [1.54, 1.807) is 35.9 Å². The second kappa shape index (κ2) is 9.02. The number of benzene rings is 3. The molecule has 0 N–H and O–H groups in total. The van der Waals surface area contributed by atoms with Gasteiger partial charge in [0.1, 0.15) is 6.61 Å². The zero-order valence-corrected chi connectivity index (χ0v) is 21.1. The molecule has 0 spiro atoms. The Balaban J connectivity index is 1.56. The first kappa shape index (κ1) is 22.7. The van der Waals surface area contributed by atoms with Crippen LogP contribution in [-0.4, -0.2) is 29.6 Å². The van der Waals surface area contributed by atoms with Crippen molar-refractivity contribution in [1.82, 2.24) is 4.57 Å². The fourth-order valence-corrected chi connectivity index (χ4v) is 5.11. The van der Waals surface area contributed by atoms with Gasteiger partial charge in [0.2, 0.25) is 6.79 Å². The molecule has 2 heterocycles. The fourth-order valence-electron chi connectivity index (χ4n) is 4.86. The summed E-state index contributed by atoms with van der Waals surface area (Å²) in [5.74, 6) is 1.84. The van der Waals surface area contributed by atoms with Gasteiger partial charge in [0.15, 0.2) is 28.8 Å². The highest BCUT2D eigenvalue weighted by Gasteiger charge is 2.35. The molecule has 0 saturated carbocycles. The molecule has 36 heavy (non-hydrogen) atoms. The third kappa shape index (κ3) is 3.55. The lowest BCUT2D eigenvalue weighted by molar-refractivity contribution is 0.104. The van der Waals surface area contributed by atoms with E-state index in [4.69, 9.17) is 18.9 Å². The summed E-state index contributed by atoms with van der Waals surface area (Å²) in [5, 5.41) is 1.67. The summed E-state index contributed by atoms with van der Waals surface area (Å²) in [6, 6.07) is 16.7. The monoisotopic (exact) mass is 547 g/mol. The minimum Gasteiger partial charge on any atom is -0.493 e. The van der Waals surface area contributed by atoms with Crippen molar-refractivity contribution in [2.75, 3.05) is 19.2 Å². The molecule has 0 atom stereocenters. The van der Waals surface area contributed by atoms with Gasteiger partial charge in [0.05, 0.1) is 23.8 Å². The average Bonchev–Trinajstić information content (AvgIpc) is 3.48. The summed E-state index contributed by atoms with van der Waals surface area (Å²) in [6.07, 6.45) is 0.722. The summed E-state index contributed by atoms with van der Waals surface area (Å²) < 4.78 is 24.4. The Morgan fingerprint density at radius 1 is 0.944 bits per heavy atom. The molecule has 8 heteroatoms. The Kier molecular flexibility index (Phi) is 5.68. The van der Waals surface area contributed by atoms with Gasteiger partial charge in [-0.2, -0.15) is 0 Å². The second-order valence-electron chi connectivity index (χ2n) is 8.63. The molecule has 2 aliphatic rings. The molecule has 7 nitrogen and oxygen atoms in total. The average molecular weight is 548 g/mol. The minimum atomic E-state index is -0.185. The molecule has 1 aliphatic heterocycles. The number of carbonyl (C=O) groups is 1. The largest absolute Gasteiger partial charge is 0.493 e. The molecule has 1 aromatic heterocycles. The lowest BCUT2D eigenvalue weighted by Gasteiger charge is -2.17. The van der Waals surface area contributed by atoms with Crippen LogP contribution < -0.4 is 24.5 Å². The van der Waals surface area contributed by atoms with E-state index in [0.717, 1.165) is 17.3 Å². The van der Waals surface area contributed by atoms with E-state index in [0.29, 0.717) is 69.3 Å². The number of ether oxygens (including phenoxy) is 4. The molecular weight excluding hydrogens is 526 g/mol. The number of hydrogen-bond donors (Lipinski definition) is 0. The van der Waals surface area contributed by atoms with Gasteiger partial charge in [-0.05, 0) is 36.2 Å². The standard InChI is InChI=1S/C28H22BrNO6/c1-33-21-10-17-20(13-22(21)34-14-16-6-3-2-4-7-16)28(32)30(9-5-8-29)26-18-11-23-24(36-15-35-23)12-19(18)27(31)25(17)26/h2-4,6-7,10-13H,5,8-9,14-15H2,1H3. The number of ketones is 1. The summed E-state index contributed by atoms with van der Waals surface area (Å²) >= 11 is 3.46. The normalized spacial score (nSPS) is 13.1. The number of aromatic nitrogens is 1. The van der Waals surface area contributed by atoms with Crippen LogP contribution in [0, 0.1) is 0 Å². The minimum absolute atomic E-state index is 0.107. The summed E-state index contributed by atoms with van der Waals surface area (Å²) in [6.45, 7) is 0.882. The van der Waals surface area contributed by atoms with E-state index >= 15 is 0 Å². The van der Waals surface area contributed by atoms with E-state index in [1.165, 1.54) is 0 Å². The molecule has 0 bridgehead atoms. The quantitative estimate of drug-likeness (QED) is 0.257. The van der Waals surface area contributed by atoms with E-state index in [9.17, 15) is 9.59 Å². The maximum atomic E-state index is 13.9. The molecule has 4 aromatic rings. The number of fused-ring (bicyclic) bond motifs is 6. The number of nitrogens with zero attached hydrogens (tertiary/aromatic N) is 1. The molecule has 182 valence electrons. The second-order valence-corrected chi connectivity index (χ2v) is 9.42. The number of rotatable bonds is 7. The van der Waals surface area contributed by atoms with Crippen molar-refractivity contribution < 1.29 is 23.7 Å². The molecular formula is C28H22BrNO6. The molecule has 3 aromatic carbocycles. The fraction of sp³-hybridized carbons (Fsp3) is 0.214. The third-order valence-corrected chi connectivity index (χ3v) is 7.11. The predicted molar refractivity (Wildman–Crippen MR) is 139 cm³/mol. The smallest absolute Gasteiger partial charge is 0.259 e. The van der Waals surface area contributed by atoms with Crippen molar-refractivity contribution in [3.8, 4) is 34.3 Å². The molecule has 0 saturated heterocycles. The van der Waals surface area contributed by atoms with Crippen LogP contribution >= 0.6 is 15.9 Å². The van der Waals surface area contributed by atoms with Gasteiger partial charge in [0.25, 0.3) is 5.56 Å². The Morgan fingerprint density at radius 2 is 1.67 bits per heavy atom. The summed E-state index contributed by atoms with van der Waals surface area (Å²) in [5.41, 5.74) is 3.06. The van der Waals surface area contributed by atoms with E-state index in [2.05, 4.69) is 15.9 Å². The Bertz CT molecular complexity index is 1580. The van der Waals surface area contributed by atoms with Crippen molar-refractivity contribution in [3.05, 3.63) is 81.6 Å². The maximum absolute atomic E-state index is 13.9. The van der Waals surface area contributed by atoms with Crippen molar-refractivity contribution in [2.24, 2.45) is 0 Å². The van der Waals surface area contributed by atoms with Crippen molar-refractivity contribution >= 4 is 32.5 Å². The van der Waals surface area contributed by atoms with Gasteiger partial charge in [-0.1, -0.05) is 46.3 Å². The first-order valence-electron chi connectivity index (χ1n) is 11.6. The first-order chi connectivity index (χ1) is 17.6. The number of alkyl halides is 1. The maximum Gasteiger partial charge on any atom is 0.259 e. The van der Waals surface area contributed by atoms with Gasteiger partial charge in [-0.15, -0.1) is 0 Å². The van der Waals surface area contributed by atoms with E-state index < -0.39 is 0 Å². The van der Waals surface area contributed by atoms with Crippen molar-refractivity contribution in [3.63, 3.8) is 0 Å². The van der Waals surface area contributed by atoms with Crippen molar-refractivity contribution in [1.29, 1.82) is 0 Å². The Morgan fingerprint density at radius 3 is 2.39 bits per heavy atom. The Labute approximate surface area is 215 Å². The lowest BCUT2D eigenvalue weighted by atomic mass is 10.0. The Hall–Kier alpha value is -3.78. The highest BCUT2D eigenvalue weighted by Crippen LogP contribution is 2.47. The molecule has 0 unspecified atom stereocenters. The topological polar surface area (TPSA) is 76.0 Å². The molecule has 0 radical (unpaired) electrons. The van der Waals surface area contributed by atoms with Gasteiger partial charge in [-0.25, -0.2) is 0 Å². The lowest BCUT2D eigenvalue weighted by Crippen LogP contribution is -2.23. The van der Waals surface area contributed by atoms with Crippen LogP contribution in [0.15, 0.2) is 59.4 Å². The zero-order chi connectivity index (χ0) is 24.8. The van der Waals surface area contributed by atoms with Crippen LogP contribution in [0.2, 0.25) is 0 Å². The van der Waals surface area contributed by atoms with Crippen LogP contribution in [0.1, 0.15) is 27.9 Å². The molecule has 0 amide bonds. The SMILES string of the molecule is COc1cc2c3c(n(CCCBr)c(=O)c2cc1OCc1ccccc1)-c1cc2c(cc1C3=O)OCO2. The van der Waals surface area contributed by atoms with Crippen LogP contribution in [0.4, 0.5) is 0 Å². The van der Waals surface area contributed by atoms with Crippen molar-refractivity contribution in [2.45, 2.75) is 19.6 Å². The van der Waals surface area contributed by atoms with Crippen LogP contribution in [0.3, 0.4) is 0 Å². The van der Waals surface area contributed by atoms with E-state index in [-0.39, 0.29) is 18.1 Å². The third-order valence-electron chi connectivity index (χ3n) is 6.55. The number of carbonyl (C=O) groups excluding carboxylic acids is 1. The van der Waals surface area contributed by atoms with Crippen LogP contribution in [0.25, 0.3) is 22.0 Å². The summed E-state index contributed by atoms with van der Waals surface area (Å²) in [7, 11) is 1.55. The summed E-state index contributed by atoms with van der Waals surface area (Å²) in [4.78, 5) is 27.6. The van der Waals surface area contributed by atoms with E-state index in [1.807, 2.05) is 30.3 Å². The molecule has 0 fully saturated rings.